The lowest BCUT2D eigenvalue weighted by atomic mass is 9.71. The second-order valence-electron chi connectivity index (χ2n) is 7.20. The number of nitrogens with one attached hydrogen (secondary N) is 1. The van der Waals surface area contributed by atoms with Crippen molar-refractivity contribution in [2.24, 2.45) is 10.8 Å². The van der Waals surface area contributed by atoms with Crippen molar-refractivity contribution < 1.29 is 19.5 Å². The molecule has 0 aromatic heterocycles. The van der Waals surface area contributed by atoms with E-state index in [0.717, 1.165) is 0 Å². The summed E-state index contributed by atoms with van der Waals surface area (Å²) in [6.07, 6.45) is 1.38. The number of aliphatic carboxylic acids is 1. The van der Waals surface area contributed by atoms with E-state index in [1.807, 2.05) is 41.5 Å². The van der Waals surface area contributed by atoms with Crippen LogP contribution >= 0.6 is 12.6 Å². The Morgan fingerprint density at radius 1 is 1.04 bits per heavy atom. The van der Waals surface area contributed by atoms with Gasteiger partial charge in [0.05, 0.1) is 0 Å². The van der Waals surface area contributed by atoms with Gasteiger partial charge in [-0.15, -0.1) is 0 Å². The van der Waals surface area contributed by atoms with Crippen LogP contribution in [0.4, 0.5) is 0 Å². The smallest absolute Gasteiger partial charge is 0.327 e. The molecule has 2 N–H and O–H groups in total. The summed E-state index contributed by atoms with van der Waals surface area (Å²) in [5.74, 6) is -1.22. The quantitative estimate of drug-likeness (QED) is 0.559. The van der Waals surface area contributed by atoms with Gasteiger partial charge in [-0.25, -0.2) is 4.79 Å². The van der Waals surface area contributed by atoms with E-state index in [0.29, 0.717) is 12.8 Å². The van der Waals surface area contributed by atoms with E-state index in [4.69, 9.17) is 5.11 Å². The lowest BCUT2D eigenvalue weighted by molar-refractivity contribution is -0.141. The number of carbonyl (C=O) groups excluding carboxylic acids is 2. The summed E-state index contributed by atoms with van der Waals surface area (Å²) in [6.45, 7) is 13.5. The molecule has 136 valence electrons. The number of hydrogen-bond acceptors (Lipinski definition) is 4. The van der Waals surface area contributed by atoms with Crippen LogP contribution in [-0.2, 0) is 14.4 Å². The molecule has 0 saturated heterocycles. The maximum absolute atomic E-state index is 12.0. The van der Waals surface area contributed by atoms with Crippen molar-refractivity contribution in [2.45, 2.75) is 73.8 Å². The van der Waals surface area contributed by atoms with Gasteiger partial charge in [-0.1, -0.05) is 41.5 Å². The highest BCUT2D eigenvalue weighted by atomic mass is 32.1. The van der Waals surface area contributed by atoms with Crippen molar-refractivity contribution in [1.82, 2.24) is 5.32 Å². The molecule has 6 heteroatoms. The van der Waals surface area contributed by atoms with Crippen LogP contribution in [0, 0.1) is 10.8 Å². The zero-order chi connectivity index (χ0) is 18.8. The van der Waals surface area contributed by atoms with Gasteiger partial charge in [-0.3, -0.25) is 4.79 Å². The van der Waals surface area contributed by atoms with Crippen LogP contribution < -0.4 is 5.32 Å². The molecular weight excluding hydrogens is 314 g/mol. The Bertz CT molecular complexity index is 405. The molecule has 1 amide bonds. The largest absolute Gasteiger partial charge is 0.480 e. The second-order valence-corrected chi connectivity index (χ2v) is 7.57. The number of thiol groups is 1. The number of rotatable bonds is 9. The monoisotopic (exact) mass is 347 g/mol. The van der Waals surface area contributed by atoms with Crippen LogP contribution in [0.2, 0.25) is 0 Å². The third-order valence-electron chi connectivity index (χ3n) is 3.14. The van der Waals surface area contributed by atoms with Crippen LogP contribution in [0.15, 0.2) is 0 Å². The molecule has 1 unspecified atom stereocenters. The summed E-state index contributed by atoms with van der Waals surface area (Å²) >= 11 is 3.91. The number of Topliss-reactive ketones (excluding diaryl/α,β-unsaturated/α-hetero) is 1. The van der Waals surface area contributed by atoms with Crippen molar-refractivity contribution in [3.8, 4) is 0 Å². The van der Waals surface area contributed by atoms with Gasteiger partial charge in [0.25, 0.3) is 0 Å². The lowest BCUT2D eigenvalue weighted by Gasteiger charge is -2.34. The molecule has 0 rings (SSSR count). The summed E-state index contributed by atoms with van der Waals surface area (Å²) in [7, 11) is 0. The fraction of sp³-hybridized carbons (Fsp3) is 0.824. The van der Waals surface area contributed by atoms with Crippen molar-refractivity contribution in [3.63, 3.8) is 0 Å². The van der Waals surface area contributed by atoms with Crippen LogP contribution in [0.5, 0.6) is 0 Å². The first-order chi connectivity index (χ1) is 10.4. The zero-order valence-electron chi connectivity index (χ0n) is 15.5. The van der Waals surface area contributed by atoms with E-state index in [2.05, 4.69) is 17.9 Å². The third-order valence-corrected chi connectivity index (χ3v) is 3.50. The molecule has 0 aromatic carbocycles. The molecule has 0 aromatic rings. The maximum atomic E-state index is 12.0. The van der Waals surface area contributed by atoms with Gasteiger partial charge < -0.3 is 15.2 Å². The summed E-state index contributed by atoms with van der Waals surface area (Å²) in [6, 6.07) is -0.970. The van der Waals surface area contributed by atoms with E-state index in [-0.39, 0.29) is 34.7 Å². The number of ketones is 1. The van der Waals surface area contributed by atoms with Gasteiger partial charge in [0.1, 0.15) is 11.8 Å². The fourth-order valence-electron chi connectivity index (χ4n) is 2.96. The highest BCUT2D eigenvalue weighted by molar-refractivity contribution is 7.80. The Hall–Kier alpha value is -1.04. The Morgan fingerprint density at radius 3 is 1.83 bits per heavy atom. The minimum atomic E-state index is -1.09. The third kappa shape index (κ3) is 12.1. The van der Waals surface area contributed by atoms with Gasteiger partial charge >= 0.3 is 5.97 Å². The summed E-state index contributed by atoms with van der Waals surface area (Å²) in [5, 5.41) is 11.4. The maximum Gasteiger partial charge on any atom is 0.327 e. The minimum absolute atomic E-state index is 0.0529. The number of carbonyl (C=O) groups is 3. The zero-order valence-corrected chi connectivity index (χ0v) is 16.4. The van der Waals surface area contributed by atoms with E-state index in [1.165, 1.54) is 0 Å². The number of carboxylic acid groups (broad SMARTS) is 1. The first-order valence-electron chi connectivity index (χ1n) is 8.01. The second kappa shape index (κ2) is 10.7. The average molecular weight is 348 g/mol. The molecule has 0 saturated carbocycles. The Labute approximate surface area is 146 Å². The first kappa shape index (κ1) is 24.2. The van der Waals surface area contributed by atoms with Crippen molar-refractivity contribution in [1.29, 1.82) is 0 Å². The van der Waals surface area contributed by atoms with Crippen LogP contribution in [0.1, 0.15) is 67.7 Å². The average Bonchev–Trinajstić information content (AvgIpc) is 2.33. The Kier molecular flexibility index (Phi) is 11.2. The van der Waals surface area contributed by atoms with Crippen LogP contribution in [0.3, 0.4) is 0 Å². The van der Waals surface area contributed by atoms with Crippen molar-refractivity contribution in [2.75, 3.05) is 5.75 Å². The summed E-state index contributed by atoms with van der Waals surface area (Å²) < 4.78 is 0. The molecule has 0 spiro atoms. The molecule has 5 nitrogen and oxygen atoms in total. The topological polar surface area (TPSA) is 83.5 Å². The summed E-state index contributed by atoms with van der Waals surface area (Å²) in [4.78, 5) is 34.1. The van der Waals surface area contributed by atoms with Gasteiger partial charge in [0, 0.05) is 18.6 Å². The molecule has 0 aliphatic heterocycles. The Balaban J connectivity index is 0. The predicted octanol–water partition coefficient (Wildman–Crippen LogP) is 3.32. The number of amides is 1. The van der Waals surface area contributed by atoms with Gasteiger partial charge in [0.15, 0.2) is 0 Å². The van der Waals surface area contributed by atoms with Crippen molar-refractivity contribution >= 4 is 30.3 Å². The predicted molar refractivity (Wildman–Crippen MR) is 96.9 cm³/mol. The Morgan fingerprint density at radius 2 is 1.48 bits per heavy atom. The molecule has 0 radical (unpaired) electrons. The van der Waals surface area contributed by atoms with E-state index in [9.17, 15) is 14.4 Å². The highest BCUT2D eigenvalue weighted by Gasteiger charge is 2.32. The molecule has 0 aliphatic carbocycles. The fourth-order valence-corrected chi connectivity index (χ4v) is 3.21. The highest BCUT2D eigenvalue weighted by Crippen LogP contribution is 2.38. The molecule has 0 heterocycles. The van der Waals surface area contributed by atoms with E-state index < -0.39 is 12.0 Å². The standard InChI is InChI=1S/C15H27NO4S.C2H6/c1-10(17)6-14(2,3)9-15(4,5)7-12(18)16-11(8-21)13(19)20;1-2/h11,21H,6-9H2,1-5H3,(H,16,18)(H,19,20);1-2H3. The molecule has 1 atom stereocenters. The van der Waals surface area contributed by atoms with Crippen molar-refractivity contribution in [3.05, 3.63) is 0 Å². The van der Waals surface area contributed by atoms with Gasteiger partial charge in [-0.2, -0.15) is 12.6 Å². The van der Waals surface area contributed by atoms with Crippen LogP contribution in [-0.4, -0.2) is 34.6 Å². The minimum Gasteiger partial charge on any atom is -0.480 e. The number of hydrogen-bond donors (Lipinski definition) is 3. The number of carboxylic acids is 1. The van der Waals surface area contributed by atoms with E-state index in [1.54, 1.807) is 6.92 Å². The first-order valence-corrected chi connectivity index (χ1v) is 8.64. The lowest BCUT2D eigenvalue weighted by Crippen LogP contribution is -2.43. The normalized spacial score (nSPS) is 12.7. The molecule has 23 heavy (non-hydrogen) atoms. The molecule has 0 aliphatic rings. The van der Waals surface area contributed by atoms with Crippen LogP contribution in [0.25, 0.3) is 0 Å². The van der Waals surface area contributed by atoms with Gasteiger partial charge in [-0.05, 0) is 24.2 Å². The van der Waals surface area contributed by atoms with Gasteiger partial charge in [0.2, 0.25) is 5.91 Å². The SMILES string of the molecule is CC.CC(=O)CC(C)(C)CC(C)(C)CC(=O)NC(CS)C(=O)O. The van der Waals surface area contributed by atoms with E-state index >= 15 is 0 Å². The summed E-state index contributed by atoms with van der Waals surface area (Å²) in [5.41, 5.74) is -0.506. The molecule has 0 bridgehead atoms. The molecule has 0 fully saturated rings. The molecular formula is C17H33NO4S.